The molecule has 0 radical (unpaired) electrons. The summed E-state index contributed by atoms with van der Waals surface area (Å²) in [5.41, 5.74) is 1.05. The summed E-state index contributed by atoms with van der Waals surface area (Å²) in [5, 5.41) is 0. The molecule has 3 heteroatoms. The lowest BCUT2D eigenvalue weighted by Crippen LogP contribution is -2.14. The van der Waals surface area contributed by atoms with Crippen LogP contribution in [0.25, 0.3) is 0 Å². The van der Waals surface area contributed by atoms with Crippen molar-refractivity contribution >= 4 is 6.16 Å². The van der Waals surface area contributed by atoms with Crippen LogP contribution in [0.4, 0.5) is 4.79 Å². The Balaban J connectivity index is 2.36. The molecule has 0 saturated heterocycles. The first-order valence-corrected chi connectivity index (χ1v) is 9.66. The van der Waals surface area contributed by atoms with Gasteiger partial charge in [0.2, 0.25) is 0 Å². The van der Waals surface area contributed by atoms with Crippen molar-refractivity contribution in [2.24, 2.45) is 0 Å². The van der Waals surface area contributed by atoms with Crippen LogP contribution in [0.3, 0.4) is 0 Å². The first-order chi connectivity index (χ1) is 11.8. The van der Waals surface area contributed by atoms with Gasteiger partial charge in [-0.1, -0.05) is 89.1 Å². The fraction of sp³-hybridized carbons (Fsp3) is 0.667. The van der Waals surface area contributed by atoms with E-state index in [0.717, 1.165) is 31.2 Å². The normalized spacial score (nSPS) is 11.9. The van der Waals surface area contributed by atoms with E-state index in [9.17, 15) is 4.79 Å². The monoisotopic (exact) mass is 334 g/mol. The lowest BCUT2D eigenvalue weighted by Gasteiger charge is -2.18. The summed E-state index contributed by atoms with van der Waals surface area (Å²) in [5.74, 6) is 0. The highest BCUT2D eigenvalue weighted by molar-refractivity contribution is 5.60. The van der Waals surface area contributed by atoms with Crippen molar-refractivity contribution < 1.29 is 14.3 Å². The Labute approximate surface area is 147 Å². The number of ether oxygens (including phenoxy) is 2. The Bertz CT molecular complexity index is 416. The zero-order chi connectivity index (χ0) is 17.5. The third-order valence-corrected chi connectivity index (χ3v) is 4.20. The summed E-state index contributed by atoms with van der Waals surface area (Å²) in [6, 6.07) is 9.98. The van der Waals surface area contributed by atoms with Crippen LogP contribution in [-0.2, 0) is 9.47 Å². The maximum absolute atomic E-state index is 12.0. The first kappa shape index (κ1) is 20.5. The van der Waals surface area contributed by atoms with Crippen LogP contribution in [0.2, 0.25) is 0 Å². The van der Waals surface area contributed by atoms with E-state index in [-0.39, 0.29) is 6.10 Å². The molecule has 0 aromatic heterocycles. The van der Waals surface area contributed by atoms with Gasteiger partial charge in [-0.2, -0.15) is 0 Å². The minimum absolute atomic E-state index is 0.198. The van der Waals surface area contributed by atoms with Gasteiger partial charge in [0.15, 0.2) is 0 Å². The van der Waals surface area contributed by atoms with Gasteiger partial charge in [-0.05, 0) is 24.8 Å². The van der Waals surface area contributed by atoms with Crippen LogP contribution in [-0.4, -0.2) is 12.8 Å². The Hall–Kier alpha value is -1.51. The molecule has 0 aliphatic rings. The zero-order valence-corrected chi connectivity index (χ0v) is 15.5. The Kier molecular flexibility index (Phi) is 11.9. The molecule has 0 bridgehead atoms. The molecule has 0 aliphatic carbocycles. The van der Waals surface area contributed by atoms with Gasteiger partial charge >= 0.3 is 6.16 Å². The zero-order valence-electron chi connectivity index (χ0n) is 15.5. The first-order valence-electron chi connectivity index (χ1n) is 9.66. The molecule has 1 unspecified atom stereocenters. The molecule has 3 nitrogen and oxygen atoms in total. The highest BCUT2D eigenvalue weighted by Crippen LogP contribution is 2.24. The van der Waals surface area contributed by atoms with E-state index < -0.39 is 6.16 Å². The van der Waals surface area contributed by atoms with Crippen LogP contribution in [0.1, 0.15) is 89.7 Å². The van der Waals surface area contributed by atoms with Crippen LogP contribution >= 0.6 is 0 Å². The van der Waals surface area contributed by atoms with Gasteiger partial charge in [0.25, 0.3) is 0 Å². The molecule has 0 N–H and O–H groups in total. The van der Waals surface area contributed by atoms with Crippen molar-refractivity contribution in [3.63, 3.8) is 0 Å². The maximum Gasteiger partial charge on any atom is 0.508 e. The summed E-state index contributed by atoms with van der Waals surface area (Å²) in [4.78, 5) is 12.0. The summed E-state index contributed by atoms with van der Waals surface area (Å²) in [6.07, 6.45) is 10.5. The standard InChI is InChI=1S/C21H34O3/c1-3-5-7-9-14-18-23-21(22)24-20(17-13-8-6-4-2)19-15-11-10-12-16-19/h10-12,15-16,20H,3-9,13-14,17-18H2,1-2H3. The number of unbranched alkanes of at least 4 members (excludes halogenated alkanes) is 7. The maximum atomic E-state index is 12.0. The molecule has 24 heavy (non-hydrogen) atoms. The molecule has 0 aliphatic heterocycles. The summed E-state index contributed by atoms with van der Waals surface area (Å²) in [6.45, 7) is 4.85. The highest BCUT2D eigenvalue weighted by atomic mass is 16.7. The second-order valence-electron chi connectivity index (χ2n) is 6.38. The summed E-state index contributed by atoms with van der Waals surface area (Å²) in [7, 11) is 0. The Morgan fingerprint density at radius 2 is 1.50 bits per heavy atom. The Morgan fingerprint density at radius 3 is 2.17 bits per heavy atom. The van der Waals surface area contributed by atoms with Crippen LogP contribution in [0, 0.1) is 0 Å². The van der Waals surface area contributed by atoms with Gasteiger partial charge in [-0.25, -0.2) is 4.79 Å². The van der Waals surface area contributed by atoms with Crippen LogP contribution in [0.5, 0.6) is 0 Å². The minimum atomic E-state index is -0.533. The molecule has 1 aromatic carbocycles. The average molecular weight is 334 g/mol. The topological polar surface area (TPSA) is 35.5 Å². The fourth-order valence-corrected chi connectivity index (χ4v) is 2.73. The van der Waals surface area contributed by atoms with Gasteiger partial charge in [0, 0.05) is 0 Å². The molecule has 0 spiro atoms. The van der Waals surface area contributed by atoms with Crippen molar-refractivity contribution in [3.05, 3.63) is 35.9 Å². The molecular weight excluding hydrogens is 300 g/mol. The average Bonchev–Trinajstić information content (AvgIpc) is 2.61. The molecule has 0 saturated carbocycles. The van der Waals surface area contributed by atoms with Gasteiger partial charge in [0.1, 0.15) is 6.10 Å². The predicted molar refractivity (Wildman–Crippen MR) is 99.1 cm³/mol. The smallest absolute Gasteiger partial charge is 0.434 e. The predicted octanol–water partition coefficient (Wildman–Crippen LogP) is 6.82. The molecule has 1 rings (SSSR count). The van der Waals surface area contributed by atoms with Gasteiger partial charge in [-0.15, -0.1) is 0 Å². The largest absolute Gasteiger partial charge is 0.508 e. The molecule has 0 heterocycles. The van der Waals surface area contributed by atoms with Gasteiger partial charge < -0.3 is 9.47 Å². The molecule has 1 aromatic rings. The van der Waals surface area contributed by atoms with Gasteiger partial charge in [0.05, 0.1) is 6.61 Å². The van der Waals surface area contributed by atoms with E-state index in [4.69, 9.17) is 9.47 Å². The number of rotatable bonds is 13. The SMILES string of the molecule is CCCCCCCOC(=O)OC(CCCCCC)c1ccccc1. The van der Waals surface area contributed by atoms with E-state index in [2.05, 4.69) is 13.8 Å². The fourth-order valence-electron chi connectivity index (χ4n) is 2.73. The van der Waals surface area contributed by atoms with E-state index in [1.54, 1.807) is 0 Å². The van der Waals surface area contributed by atoms with Crippen molar-refractivity contribution in [3.8, 4) is 0 Å². The van der Waals surface area contributed by atoms with Crippen molar-refractivity contribution in [2.75, 3.05) is 6.61 Å². The quantitative estimate of drug-likeness (QED) is 0.293. The summed E-state index contributed by atoms with van der Waals surface area (Å²) < 4.78 is 10.8. The Morgan fingerprint density at radius 1 is 0.875 bits per heavy atom. The van der Waals surface area contributed by atoms with Crippen LogP contribution in [0.15, 0.2) is 30.3 Å². The lowest BCUT2D eigenvalue weighted by molar-refractivity contribution is 0.0182. The number of benzene rings is 1. The van der Waals surface area contributed by atoms with Gasteiger partial charge in [-0.3, -0.25) is 0 Å². The van der Waals surface area contributed by atoms with E-state index in [1.807, 2.05) is 30.3 Å². The second kappa shape index (κ2) is 13.9. The lowest BCUT2D eigenvalue weighted by atomic mass is 10.0. The number of carbonyl (C=O) groups excluding carboxylic acids is 1. The number of carbonyl (C=O) groups is 1. The van der Waals surface area contributed by atoms with E-state index in [1.165, 1.54) is 38.5 Å². The van der Waals surface area contributed by atoms with Crippen LogP contribution < -0.4 is 0 Å². The molecule has 1 atom stereocenters. The number of hydrogen-bond donors (Lipinski definition) is 0. The molecule has 136 valence electrons. The molecule has 0 amide bonds. The molecular formula is C21H34O3. The van der Waals surface area contributed by atoms with Crippen molar-refractivity contribution in [1.82, 2.24) is 0 Å². The van der Waals surface area contributed by atoms with Crippen molar-refractivity contribution in [1.29, 1.82) is 0 Å². The second-order valence-corrected chi connectivity index (χ2v) is 6.38. The third kappa shape index (κ3) is 9.59. The van der Waals surface area contributed by atoms with E-state index in [0.29, 0.717) is 6.61 Å². The number of hydrogen-bond acceptors (Lipinski definition) is 3. The molecule has 0 fully saturated rings. The minimum Gasteiger partial charge on any atom is -0.434 e. The third-order valence-electron chi connectivity index (χ3n) is 4.20. The highest BCUT2D eigenvalue weighted by Gasteiger charge is 2.17. The summed E-state index contributed by atoms with van der Waals surface area (Å²) >= 11 is 0. The van der Waals surface area contributed by atoms with Crippen molar-refractivity contribution in [2.45, 2.75) is 84.2 Å². The van der Waals surface area contributed by atoms with E-state index >= 15 is 0 Å².